The Kier molecular flexibility index (Phi) is 12.6. The molecule has 0 radical (unpaired) electrons. The highest BCUT2D eigenvalue weighted by Crippen LogP contribution is 2.13. The van der Waals surface area contributed by atoms with Crippen LogP contribution in [0.2, 0.25) is 0 Å². The van der Waals surface area contributed by atoms with E-state index in [1.807, 2.05) is 13.8 Å². The summed E-state index contributed by atoms with van der Waals surface area (Å²) < 4.78 is 0. The fraction of sp³-hybridized carbons (Fsp3) is 0.857. The van der Waals surface area contributed by atoms with Crippen molar-refractivity contribution in [3.8, 4) is 0 Å². The van der Waals surface area contributed by atoms with Gasteiger partial charge in [-0.15, -0.1) is 5.10 Å². The van der Waals surface area contributed by atoms with E-state index in [9.17, 15) is 0 Å². The van der Waals surface area contributed by atoms with Gasteiger partial charge in [-0.05, 0) is 20.3 Å². The molecule has 0 amide bonds. The lowest BCUT2D eigenvalue weighted by Gasteiger charge is -2.04. The first kappa shape index (κ1) is 21.1. The Hall–Kier alpha value is -0.990. The summed E-state index contributed by atoms with van der Waals surface area (Å²) in [7, 11) is 0. The zero-order valence-corrected chi connectivity index (χ0v) is 16.4. The molecule has 138 valence electrons. The topological polar surface area (TPSA) is 38.7 Å². The van der Waals surface area contributed by atoms with Crippen molar-refractivity contribution in [1.82, 2.24) is 15.2 Å². The maximum Gasteiger partial charge on any atom is 0.151 e. The Morgan fingerprint density at radius 1 is 0.542 bits per heavy atom. The van der Waals surface area contributed by atoms with Crippen LogP contribution in [-0.2, 0) is 6.42 Å². The minimum absolute atomic E-state index is 0.914. The molecule has 0 saturated carbocycles. The lowest BCUT2D eigenvalue weighted by Crippen LogP contribution is -2.02. The Morgan fingerprint density at radius 2 is 1.00 bits per heavy atom. The van der Waals surface area contributed by atoms with Gasteiger partial charge < -0.3 is 0 Å². The molecule has 1 aromatic heterocycles. The second-order valence-electron chi connectivity index (χ2n) is 7.25. The second-order valence-corrected chi connectivity index (χ2v) is 7.25. The summed E-state index contributed by atoms with van der Waals surface area (Å²) in [6.07, 6.45) is 20.5. The first-order chi connectivity index (χ1) is 11.7. The predicted octanol–water partition coefficient (Wildman–Crippen LogP) is 6.51. The molecule has 0 fully saturated rings. The van der Waals surface area contributed by atoms with E-state index in [1.54, 1.807) is 0 Å². The number of hydrogen-bond acceptors (Lipinski definition) is 3. The Balaban J connectivity index is 1.83. The largest absolute Gasteiger partial charge is 0.234 e. The summed E-state index contributed by atoms with van der Waals surface area (Å²) in [5, 5.41) is 8.33. The normalized spacial score (nSPS) is 11.1. The van der Waals surface area contributed by atoms with Crippen molar-refractivity contribution in [2.45, 2.75) is 117 Å². The highest BCUT2D eigenvalue weighted by atomic mass is 15.2. The molecular weight excluding hydrogens is 294 g/mol. The van der Waals surface area contributed by atoms with Gasteiger partial charge >= 0.3 is 0 Å². The van der Waals surface area contributed by atoms with Crippen LogP contribution in [0, 0.1) is 13.8 Å². The molecule has 0 aromatic carbocycles. The highest BCUT2D eigenvalue weighted by Gasteiger charge is 2.01. The van der Waals surface area contributed by atoms with Crippen LogP contribution in [0.5, 0.6) is 0 Å². The Bertz CT molecular complexity index is 418. The number of aromatic nitrogens is 3. The van der Waals surface area contributed by atoms with Gasteiger partial charge in [-0.25, -0.2) is 4.98 Å². The summed E-state index contributed by atoms with van der Waals surface area (Å²) in [5.41, 5.74) is 1.96. The minimum Gasteiger partial charge on any atom is -0.234 e. The molecule has 0 atom stereocenters. The molecule has 0 N–H and O–H groups in total. The fourth-order valence-corrected chi connectivity index (χ4v) is 3.09. The zero-order valence-electron chi connectivity index (χ0n) is 16.4. The highest BCUT2D eigenvalue weighted by molar-refractivity contribution is 5.05. The molecule has 1 heterocycles. The molecule has 0 unspecified atom stereocenters. The van der Waals surface area contributed by atoms with E-state index in [4.69, 9.17) is 0 Å². The van der Waals surface area contributed by atoms with Crippen molar-refractivity contribution in [2.75, 3.05) is 0 Å². The quantitative estimate of drug-likeness (QED) is 0.343. The van der Waals surface area contributed by atoms with Crippen LogP contribution in [0.1, 0.15) is 114 Å². The third kappa shape index (κ3) is 10.7. The molecule has 3 heteroatoms. The SMILES string of the molecule is CCCCCCCCCCCCCCCCc1nnc(C)c(C)n1. The molecule has 1 rings (SSSR count). The second kappa shape index (κ2) is 14.4. The van der Waals surface area contributed by atoms with Crippen LogP contribution < -0.4 is 0 Å². The Morgan fingerprint density at radius 3 is 1.46 bits per heavy atom. The zero-order chi connectivity index (χ0) is 17.5. The van der Waals surface area contributed by atoms with Gasteiger partial charge in [0.25, 0.3) is 0 Å². The molecule has 0 bridgehead atoms. The molecular formula is C21H39N3. The van der Waals surface area contributed by atoms with Crippen molar-refractivity contribution < 1.29 is 0 Å². The Labute approximate surface area is 150 Å². The van der Waals surface area contributed by atoms with Gasteiger partial charge in [0.15, 0.2) is 5.82 Å². The van der Waals surface area contributed by atoms with Gasteiger partial charge in [0.2, 0.25) is 0 Å². The summed E-state index contributed by atoms with van der Waals surface area (Å²) in [4.78, 5) is 4.50. The molecule has 1 aromatic rings. The van der Waals surface area contributed by atoms with E-state index in [0.717, 1.165) is 23.6 Å². The van der Waals surface area contributed by atoms with Crippen LogP contribution in [0.25, 0.3) is 0 Å². The van der Waals surface area contributed by atoms with Crippen LogP contribution >= 0.6 is 0 Å². The third-order valence-electron chi connectivity index (χ3n) is 4.89. The molecule has 0 aliphatic rings. The van der Waals surface area contributed by atoms with Gasteiger partial charge in [-0.1, -0.05) is 90.4 Å². The number of hydrogen-bond donors (Lipinski definition) is 0. The van der Waals surface area contributed by atoms with Crippen LogP contribution in [0.3, 0.4) is 0 Å². The molecule has 0 saturated heterocycles. The average Bonchev–Trinajstić information content (AvgIpc) is 2.58. The maximum absolute atomic E-state index is 4.50. The lowest BCUT2D eigenvalue weighted by molar-refractivity contribution is 0.534. The van der Waals surface area contributed by atoms with E-state index in [2.05, 4.69) is 22.1 Å². The summed E-state index contributed by atoms with van der Waals surface area (Å²) in [5.74, 6) is 0.914. The number of aryl methyl sites for hydroxylation is 3. The number of unbranched alkanes of at least 4 members (excludes halogenated alkanes) is 13. The van der Waals surface area contributed by atoms with Gasteiger partial charge in [0.05, 0.1) is 11.4 Å². The summed E-state index contributed by atoms with van der Waals surface area (Å²) in [6.45, 7) is 6.26. The standard InChI is InChI=1S/C21H39N3/c1-4-5-6-7-8-9-10-11-12-13-14-15-16-17-18-21-22-19(2)20(3)23-24-21/h4-18H2,1-3H3. The van der Waals surface area contributed by atoms with E-state index in [1.165, 1.54) is 89.9 Å². The lowest BCUT2D eigenvalue weighted by atomic mass is 10.0. The summed E-state index contributed by atoms with van der Waals surface area (Å²) >= 11 is 0. The van der Waals surface area contributed by atoms with Crippen molar-refractivity contribution in [3.63, 3.8) is 0 Å². The molecule has 3 nitrogen and oxygen atoms in total. The fourth-order valence-electron chi connectivity index (χ4n) is 3.09. The van der Waals surface area contributed by atoms with Crippen molar-refractivity contribution in [1.29, 1.82) is 0 Å². The monoisotopic (exact) mass is 333 g/mol. The predicted molar refractivity (Wildman–Crippen MR) is 103 cm³/mol. The third-order valence-corrected chi connectivity index (χ3v) is 4.89. The van der Waals surface area contributed by atoms with Crippen LogP contribution in [0.15, 0.2) is 0 Å². The van der Waals surface area contributed by atoms with E-state index >= 15 is 0 Å². The maximum atomic E-state index is 4.50. The van der Waals surface area contributed by atoms with Gasteiger partial charge in [-0.2, -0.15) is 5.10 Å². The number of rotatable bonds is 15. The smallest absolute Gasteiger partial charge is 0.151 e. The van der Waals surface area contributed by atoms with Crippen molar-refractivity contribution >= 4 is 0 Å². The molecule has 0 aliphatic heterocycles. The first-order valence-corrected chi connectivity index (χ1v) is 10.4. The van der Waals surface area contributed by atoms with Gasteiger partial charge in [-0.3, -0.25) is 0 Å². The molecule has 24 heavy (non-hydrogen) atoms. The van der Waals surface area contributed by atoms with Crippen LogP contribution in [0.4, 0.5) is 0 Å². The molecule has 0 aliphatic carbocycles. The minimum atomic E-state index is 0.914. The summed E-state index contributed by atoms with van der Waals surface area (Å²) in [6, 6.07) is 0. The van der Waals surface area contributed by atoms with E-state index in [-0.39, 0.29) is 0 Å². The van der Waals surface area contributed by atoms with Gasteiger partial charge in [0, 0.05) is 6.42 Å². The van der Waals surface area contributed by atoms with Crippen LogP contribution in [-0.4, -0.2) is 15.2 Å². The van der Waals surface area contributed by atoms with E-state index < -0.39 is 0 Å². The van der Waals surface area contributed by atoms with E-state index in [0.29, 0.717) is 0 Å². The number of nitrogens with zero attached hydrogens (tertiary/aromatic N) is 3. The van der Waals surface area contributed by atoms with Crippen molar-refractivity contribution in [3.05, 3.63) is 17.2 Å². The van der Waals surface area contributed by atoms with Crippen molar-refractivity contribution in [2.24, 2.45) is 0 Å². The molecule has 0 spiro atoms. The van der Waals surface area contributed by atoms with Gasteiger partial charge in [0.1, 0.15) is 0 Å². The average molecular weight is 334 g/mol. The first-order valence-electron chi connectivity index (χ1n) is 10.4.